The number of nitrogens with zero attached hydrogens (tertiary/aromatic N) is 2. The summed E-state index contributed by atoms with van der Waals surface area (Å²) < 4.78 is 11.8. The topological polar surface area (TPSA) is 79.4 Å². The fourth-order valence-corrected chi connectivity index (χ4v) is 1.90. The molecule has 0 spiro atoms. The van der Waals surface area contributed by atoms with Crippen LogP contribution in [0.25, 0.3) is 0 Å². The van der Waals surface area contributed by atoms with Crippen LogP contribution in [0.3, 0.4) is 0 Å². The van der Waals surface area contributed by atoms with Gasteiger partial charge in [0.2, 0.25) is 5.78 Å². The highest BCUT2D eigenvalue weighted by atomic mass is 16.5. The maximum absolute atomic E-state index is 12.4. The summed E-state index contributed by atoms with van der Waals surface area (Å²) >= 11 is 0. The van der Waals surface area contributed by atoms with Crippen molar-refractivity contribution < 1.29 is 14.3 Å². The third-order valence-corrected chi connectivity index (χ3v) is 2.89. The van der Waals surface area contributed by atoms with Crippen molar-refractivity contribution in [1.29, 1.82) is 0 Å². The lowest BCUT2D eigenvalue weighted by Crippen LogP contribution is -2.32. The van der Waals surface area contributed by atoms with E-state index in [1.807, 2.05) is 6.92 Å². The zero-order valence-electron chi connectivity index (χ0n) is 11.9. The molecule has 0 aromatic carbocycles. The summed E-state index contributed by atoms with van der Waals surface area (Å²) in [4.78, 5) is 12.4. The first-order valence-corrected chi connectivity index (χ1v) is 6.54. The van der Waals surface area contributed by atoms with Crippen LogP contribution in [0.15, 0.2) is 6.20 Å². The second-order valence-corrected chi connectivity index (χ2v) is 4.39. The highest BCUT2D eigenvalue weighted by Crippen LogP contribution is 2.20. The third kappa shape index (κ3) is 4.04. The Bertz CT molecular complexity index is 404. The van der Waals surface area contributed by atoms with Crippen LogP contribution >= 0.6 is 0 Å². The molecular weight excluding hydrogens is 246 g/mol. The molecule has 0 aliphatic heterocycles. The summed E-state index contributed by atoms with van der Waals surface area (Å²) in [5, 5.41) is 4.17. The minimum atomic E-state index is -0.545. The zero-order chi connectivity index (χ0) is 14.3. The molecule has 0 saturated carbocycles. The molecule has 1 rings (SSSR count). The Morgan fingerprint density at radius 2 is 2.26 bits per heavy atom. The Morgan fingerprint density at radius 3 is 2.84 bits per heavy atom. The number of nitrogens with two attached hydrogens (primary N) is 1. The second kappa shape index (κ2) is 7.91. The Kier molecular flexibility index (Phi) is 6.52. The van der Waals surface area contributed by atoms with E-state index < -0.39 is 6.04 Å². The molecule has 0 radical (unpaired) electrons. The van der Waals surface area contributed by atoms with E-state index in [1.165, 1.54) is 7.11 Å². The number of Topliss-reactive ketones (excluding diaryl/α,β-unsaturated/α-hetero) is 1. The van der Waals surface area contributed by atoms with Crippen molar-refractivity contribution in [3.05, 3.63) is 11.9 Å². The normalized spacial score (nSPS) is 12.4. The molecule has 1 heterocycles. The van der Waals surface area contributed by atoms with Crippen LogP contribution in [0.1, 0.15) is 36.7 Å². The predicted octanol–water partition coefficient (Wildman–Crippen LogP) is 1.24. The van der Waals surface area contributed by atoms with Gasteiger partial charge in [-0.15, -0.1) is 0 Å². The van der Waals surface area contributed by atoms with Gasteiger partial charge in [-0.1, -0.05) is 6.92 Å². The monoisotopic (exact) mass is 269 g/mol. The summed E-state index contributed by atoms with van der Waals surface area (Å²) in [6.07, 6.45) is 3.80. The Labute approximate surface area is 113 Å². The molecular formula is C13H23N3O3. The van der Waals surface area contributed by atoms with Gasteiger partial charge in [-0.05, 0) is 19.3 Å². The van der Waals surface area contributed by atoms with Gasteiger partial charge in [0.25, 0.3) is 0 Å². The number of aryl methyl sites for hydroxylation is 1. The largest absolute Gasteiger partial charge is 0.493 e. The zero-order valence-corrected chi connectivity index (χ0v) is 11.9. The molecule has 0 fully saturated rings. The van der Waals surface area contributed by atoms with E-state index in [2.05, 4.69) is 5.10 Å². The molecule has 0 bridgehead atoms. The quantitative estimate of drug-likeness (QED) is 0.539. The van der Waals surface area contributed by atoms with Crippen molar-refractivity contribution in [1.82, 2.24) is 9.78 Å². The van der Waals surface area contributed by atoms with Gasteiger partial charge < -0.3 is 15.2 Å². The van der Waals surface area contributed by atoms with Crippen LogP contribution in [-0.2, 0) is 11.3 Å². The van der Waals surface area contributed by atoms with E-state index in [-0.39, 0.29) is 5.78 Å². The fourth-order valence-electron chi connectivity index (χ4n) is 1.90. The van der Waals surface area contributed by atoms with Crippen LogP contribution in [-0.4, -0.2) is 42.4 Å². The first kappa shape index (κ1) is 15.7. The summed E-state index contributed by atoms with van der Waals surface area (Å²) in [6, 6.07) is -0.545. The van der Waals surface area contributed by atoms with E-state index in [4.69, 9.17) is 15.2 Å². The second-order valence-electron chi connectivity index (χ2n) is 4.39. The Hall–Kier alpha value is -1.40. The lowest BCUT2D eigenvalue weighted by molar-refractivity contribution is 0.0936. The van der Waals surface area contributed by atoms with E-state index in [0.717, 1.165) is 12.8 Å². The molecule has 19 heavy (non-hydrogen) atoms. The SMILES string of the molecule is CCCn1ncc(OC)c1C(=O)C(N)CCCOC. The number of carbonyl (C=O) groups is 1. The van der Waals surface area contributed by atoms with Crippen LogP contribution in [0, 0.1) is 0 Å². The van der Waals surface area contributed by atoms with Gasteiger partial charge in [0.15, 0.2) is 5.75 Å². The number of ketones is 1. The number of carbonyl (C=O) groups excluding carboxylic acids is 1. The van der Waals surface area contributed by atoms with Gasteiger partial charge in [0, 0.05) is 20.3 Å². The number of aromatic nitrogens is 2. The van der Waals surface area contributed by atoms with Gasteiger partial charge in [-0.2, -0.15) is 5.10 Å². The van der Waals surface area contributed by atoms with Crippen molar-refractivity contribution in [3.8, 4) is 5.75 Å². The smallest absolute Gasteiger partial charge is 0.201 e. The van der Waals surface area contributed by atoms with Crippen molar-refractivity contribution in [2.45, 2.75) is 38.8 Å². The lowest BCUT2D eigenvalue weighted by Gasteiger charge is -2.13. The van der Waals surface area contributed by atoms with Crippen LogP contribution in [0.4, 0.5) is 0 Å². The predicted molar refractivity (Wildman–Crippen MR) is 72.5 cm³/mol. The minimum Gasteiger partial charge on any atom is -0.493 e. The van der Waals surface area contributed by atoms with E-state index in [9.17, 15) is 4.79 Å². The summed E-state index contributed by atoms with van der Waals surface area (Å²) in [6.45, 7) is 3.31. The van der Waals surface area contributed by atoms with Crippen LogP contribution in [0.2, 0.25) is 0 Å². The molecule has 0 saturated heterocycles. The molecule has 6 nitrogen and oxygen atoms in total. The minimum absolute atomic E-state index is 0.126. The van der Waals surface area contributed by atoms with Gasteiger partial charge in [-0.25, -0.2) is 0 Å². The van der Waals surface area contributed by atoms with Crippen molar-refractivity contribution in [2.75, 3.05) is 20.8 Å². The number of ether oxygens (including phenoxy) is 2. The van der Waals surface area contributed by atoms with E-state index in [1.54, 1.807) is 18.0 Å². The lowest BCUT2D eigenvalue weighted by atomic mass is 10.1. The molecule has 0 aliphatic carbocycles. The number of hydrogen-bond donors (Lipinski definition) is 1. The molecule has 6 heteroatoms. The summed E-state index contributed by atoms with van der Waals surface area (Å²) in [5.74, 6) is 0.361. The average Bonchev–Trinajstić information content (AvgIpc) is 2.81. The molecule has 108 valence electrons. The molecule has 1 atom stereocenters. The summed E-state index contributed by atoms with van der Waals surface area (Å²) in [7, 11) is 3.16. The van der Waals surface area contributed by atoms with Gasteiger partial charge in [0.05, 0.1) is 19.3 Å². The number of methoxy groups -OCH3 is 2. The van der Waals surface area contributed by atoms with E-state index in [0.29, 0.717) is 31.0 Å². The standard InChI is InChI=1S/C13H23N3O3/c1-4-7-16-12(11(19-3)9-15-16)13(17)10(14)6-5-8-18-2/h9-10H,4-8,14H2,1-3H3. The van der Waals surface area contributed by atoms with Gasteiger partial charge >= 0.3 is 0 Å². The van der Waals surface area contributed by atoms with Crippen LogP contribution in [0.5, 0.6) is 5.75 Å². The molecule has 0 amide bonds. The first-order chi connectivity index (χ1) is 9.15. The molecule has 2 N–H and O–H groups in total. The Balaban J connectivity index is 2.81. The fraction of sp³-hybridized carbons (Fsp3) is 0.692. The maximum Gasteiger partial charge on any atom is 0.201 e. The van der Waals surface area contributed by atoms with Crippen molar-refractivity contribution >= 4 is 5.78 Å². The van der Waals surface area contributed by atoms with Crippen molar-refractivity contribution in [2.24, 2.45) is 5.73 Å². The highest BCUT2D eigenvalue weighted by Gasteiger charge is 2.24. The third-order valence-electron chi connectivity index (χ3n) is 2.89. The van der Waals surface area contributed by atoms with Crippen molar-refractivity contribution in [3.63, 3.8) is 0 Å². The van der Waals surface area contributed by atoms with Crippen LogP contribution < -0.4 is 10.5 Å². The van der Waals surface area contributed by atoms with E-state index >= 15 is 0 Å². The molecule has 1 aromatic heterocycles. The average molecular weight is 269 g/mol. The maximum atomic E-state index is 12.4. The van der Waals surface area contributed by atoms with Gasteiger partial charge in [-0.3, -0.25) is 9.48 Å². The van der Waals surface area contributed by atoms with Gasteiger partial charge in [0.1, 0.15) is 5.69 Å². The number of rotatable bonds is 9. The molecule has 1 aromatic rings. The Morgan fingerprint density at radius 1 is 1.53 bits per heavy atom. The first-order valence-electron chi connectivity index (χ1n) is 6.54. The molecule has 0 aliphatic rings. The molecule has 1 unspecified atom stereocenters. The summed E-state index contributed by atoms with van der Waals surface area (Å²) in [5.41, 5.74) is 6.40. The highest BCUT2D eigenvalue weighted by molar-refractivity contribution is 6.00. The number of hydrogen-bond acceptors (Lipinski definition) is 5.